The topological polar surface area (TPSA) is 35.2 Å². The summed E-state index contributed by atoms with van der Waals surface area (Å²) in [4.78, 5) is 0. The zero-order chi connectivity index (χ0) is 13.0. The summed E-state index contributed by atoms with van der Waals surface area (Å²) in [5.41, 5.74) is 7.92. The zero-order valence-electron chi connectivity index (χ0n) is 10.3. The highest BCUT2D eigenvalue weighted by Gasteiger charge is 2.08. The van der Waals surface area contributed by atoms with Crippen LogP contribution in [0.15, 0.2) is 42.5 Å². The second-order valence-electron chi connectivity index (χ2n) is 4.17. The number of aryl methyl sites for hydroxylation is 2. The second kappa shape index (κ2) is 5.54. The number of halogens is 1. The first-order valence-electron chi connectivity index (χ1n) is 5.86. The summed E-state index contributed by atoms with van der Waals surface area (Å²) < 4.78 is 18.5. The summed E-state index contributed by atoms with van der Waals surface area (Å²) in [6, 6.07) is 13.1. The molecule has 0 saturated carbocycles. The van der Waals surface area contributed by atoms with E-state index in [4.69, 9.17) is 10.5 Å². The first-order valence-corrected chi connectivity index (χ1v) is 5.86. The molecule has 0 radical (unpaired) electrons. The minimum Gasteiger partial charge on any atom is -0.496 e. The summed E-state index contributed by atoms with van der Waals surface area (Å²) in [5, 5.41) is 0. The Morgan fingerprint density at radius 3 is 2.50 bits per heavy atom. The number of methoxy groups -OCH3 is 1. The molecule has 0 heterocycles. The predicted molar refractivity (Wildman–Crippen MR) is 71.2 cm³/mol. The van der Waals surface area contributed by atoms with Crippen molar-refractivity contribution in [1.29, 1.82) is 0 Å². The van der Waals surface area contributed by atoms with Gasteiger partial charge >= 0.3 is 0 Å². The van der Waals surface area contributed by atoms with Crippen LogP contribution in [0.3, 0.4) is 0 Å². The van der Waals surface area contributed by atoms with Crippen LogP contribution in [0, 0.1) is 5.82 Å². The molecule has 2 N–H and O–H groups in total. The quantitative estimate of drug-likeness (QED) is 0.839. The third kappa shape index (κ3) is 2.80. The summed E-state index contributed by atoms with van der Waals surface area (Å²) in [6.07, 6.45) is 1.65. The number of hydrogen-bond acceptors (Lipinski definition) is 2. The van der Waals surface area contributed by atoms with Gasteiger partial charge in [-0.3, -0.25) is 0 Å². The van der Waals surface area contributed by atoms with Crippen LogP contribution in [0.5, 0.6) is 5.75 Å². The lowest BCUT2D eigenvalue weighted by atomic mass is 10.0. The van der Waals surface area contributed by atoms with Gasteiger partial charge in [-0.2, -0.15) is 0 Å². The highest BCUT2D eigenvalue weighted by atomic mass is 19.1. The molecule has 2 rings (SSSR count). The molecular formula is C15H16FNO. The van der Waals surface area contributed by atoms with Crippen LogP contribution >= 0.6 is 0 Å². The molecular weight excluding hydrogens is 229 g/mol. The molecule has 0 atom stereocenters. The standard InChI is InChI=1S/C15H16FNO/c1-18-15-10-13(16)14(17)9-12(15)8-7-11-5-3-2-4-6-11/h2-6,9-10H,7-8,17H2,1H3. The molecule has 94 valence electrons. The lowest BCUT2D eigenvalue weighted by molar-refractivity contribution is 0.406. The molecule has 0 spiro atoms. The molecule has 3 heteroatoms. The van der Waals surface area contributed by atoms with Gasteiger partial charge in [-0.05, 0) is 30.0 Å². The Morgan fingerprint density at radius 2 is 1.83 bits per heavy atom. The fourth-order valence-electron chi connectivity index (χ4n) is 1.93. The molecule has 0 aliphatic carbocycles. The van der Waals surface area contributed by atoms with E-state index in [0.717, 1.165) is 18.4 Å². The average molecular weight is 245 g/mol. The largest absolute Gasteiger partial charge is 0.496 e. The molecule has 0 bridgehead atoms. The fourth-order valence-corrected chi connectivity index (χ4v) is 1.93. The van der Waals surface area contributed by atoms with E-state index in [0.29, 0.717) is 5.75 Å². The Kier molecular flexibility index (Phi) is 3.82. The number of hydrogen-bond donors (Lipinski definition) is 1. The first kappa shape index (κ1) is 12.4. The molecule has 0 amide bonds. The first-order chi connectivity index (χ1) is 8.70. The van der Waals surface area contributed by atoms with Gasteiger partial charge in [0.1, 0.15) is 11.6 Å². The highest BCUT2D eigenvalue weighted by Crippen LogP contribution is 2.25. The molecule has 2 aromatic rings. The van der Waals surface area contributed by atoms with Crippen LogP contribution in [0.25, 0.3) is 0 Å². The van der Waals surface area contributed by atoms with Gasteiger partial charge < -0.3 is 10.5 Å². The van der Waals surface area contributed by atoms with E-state index in [1.54, 1.807) is 6.07 Å². The Bertz CT molecular complexity index is 526. The smallest absolute Gasteiger partial charge is 0.149 e. The van der Waals surface area contributed by atoms with Gasteiger partial charge in [-0.1, -0.05) is 30.3 Å². The number of benzene rings is 2. The molecule has 0 aliphatic rings. The van der Waals surface area contributed by atoms with Crippen molar-refractivity contribution in [3.8, 4) is 5.75 Å². The highest BCUT2D eigenvalue weighted by molar-refractivity contribution is 5.49. The van der Waals surface area contributed by atoms with Crippen LogP contribution in [-0.4, -0.2) is 7.11 Å². The van der Waals surface area contributed by atoms with Gasteiger partial charge in [0.25, 0.3) is 0 Å². The van der Waals surface area contributed by atoms with Crippen molar-refractivity contribution in [3.63, 3.8) is 0 Å². The number of nitrogens with two attached hydrogens (primary N) is 1. The van der Waals surface area contributed by atoms with Crippen molar-refractivity contribution in [2.24, 2.45) is 0 Å². The Balaban J connectivity index is 2.16. The minimum absolute atomic E-state index is 0.166. The van der Waals surface area contributed by atoms with Crippen molar-refractivity contribution in [3.05, 3.63) is 59.4 Å². The Hall–Kier alpha value is -2.03. The van der Waals surface area contributed by atoms with E-state index in [2.05, 4.69) is 12.1 Å². The Labute approximate surface area is 106 Å². The lowest BCUT2D eigenvalue weighted by Gasteiger charge is -2.10. The molecule has 0 fully saturated rings. The normalized spacial score (nSPS) is 10.3. The molecule has 0 saturated heterocycles. The van der Waals surface area contributed by atoms with E-state index in [1.807, 2.05) is 18.2 Å². The van der Waals surface area contributed by atoms with E-state index < -0.39 is 5.82 Å². The molecule has 0 unspecified atom stereocenters. The minimum atomic E-state index is -0.435. The zero-order valence-corrected chi connectivity index (χ0v) is 10.3. The number of rotatable bonds is 4. The summed E-state index contributed by atoms with van der Waals surface area (Å²) in [6.45, 7) is 0. The third-order valence-corrected chi connectivity index (χ3v) is 2.93. The maximum absolute atomic E-state index is 13.3. The number of nitrogen functional groups attached to an aromatic ring is 1. The second-order valence-corrected chi connectivity index (χ2v) is 4.17. The molecule has 18 heavy (non-hydrogen) atoms. The maximum atomic E-state index is 13.3. The van der Waals surface area contributed by atoms with Gasteiger partial charge in [0.05, 0.1) is 12.8 Å². The molecule has 2 nitrogen and oxygen atoms in total. The van der Waals surface area contributed by atoms with E-state index in [1.165, 1.54) is 18.7 Å². The van der Waals surface area contributed by atoms with Gasteiger partial charge in [0.15, 0.2) is 0 Å². The summed E-state index contributed by atoms with van der Waals surface area (Å²) in [5.74, 6) is 0.118. The van der Waals surface area contributed by atoms with Gasteiger partial charge in [0.2, 0.25) is 0 Å². The van der Waals surface area contributed by atoms with E-state index >= 15 is 0 Å². The lowest BCUT2D eigenvalue weighted by Crippen LogP contribution is -1.99. The van der Waals surface area contributed by atoms with Crippen LogP contribution in [0.2, 0.25) is 0 Å². The number of ether oxygens (including phenoxy) is 1. The Morgan fingerprint density at radius 1 is 1.11 bits per heavy atom. The van der Waals surface area contributed by atoms with Crippen LogP contribution in [-0.2, 0) is 12.8 Å². The maximum Gasteiger partial charge on any atom is 0.149 e. The van der Waals surface area contributed by atoms with Crippen molar-refractivity contribution in [1.82, 2.24) is 0 Å². The van der Waals surface area contributed by atoms with Crippen molar-refractivity contribution >= 4 is 5.69 Å². The number of anilines is 1. The molecule has 0 aromatic heterocycles. The van der Waals surface area contributed by atoms with Crippen molar-refractivity contribution in [2.75, 3.05) is 12.8 Å². The van der Waals surface area contributed by atoms with Crippen molar-refractivity contribution in [2.45, 2.75) is 12.8 Å². The fraction of sp³-hybridized carbons (Fsp3) is 0.200. The predicted octanol–water partition coefficient (Wildman–Crippen LogP) is 3.20. The van der Waals surface area contributed by atoms with Gasteiger partial charge in [-0.25, -0.2) is 4.39 Å². The van der Waals surface area contributed by atoms with Crippen LogP contribution in [0.1, 0.15) is 11.1 Å². The summed E-state index contributed by atoms with van der Waals surface area (Å²) in [7, 11) is 1.54. The van der Waals surface area contributed by atoms with Crippen molar-refractivity contribution < 1.29 is 9.13 Å². The van der Waals surface area contributed by atoms with Crippen LogP contribution in [0.4, 0.5) is 10.1 Å². The summed E-state index contributed by atoms with van der Waals surface area (Å²) >= 11 is 0. The van der Waals surface area contributed by atoms with Gasteiger partial charge in [-0.15, -0.1) is 0 Å². The molecule has 0 aliphatic heterocycles. The van der Waals surface area contributed by atoms with Crippen LogP contribution < -0.4 is 10.5 Å². The van der Waals surface area contributed by atoms with E-state index in [-0.39, 0.29) is 5.69 Å². The third-order valence-electron chi connectivity index (χ3n) is 2.93. The monoisotopic (exact) mass is 245 g/mol. The SMILES string of the molecule is COc1cc(F)c(N)cc1CCc1ccccc1. The average Bonchev–Trinajstić information content (AvgIpc) is 2.41. The van der Waals surface area contributed by atoms with Gasteiger partial charge in [0, 0.05) is 6.07 Å². The molecule has 2 aromatic carbocycles. The van der Waals surface area contributed by atoms with E-state index in [9.17, 15) is 4.39 Å².